The van der Waals surface area contributed by atoms with Crippen molar-refractivity contribution in [2.24, 2.45) is 0 Å². The molecule has 0 aliphatic heterocycles. The molecule has 0 bridgehead atoms. The third kappa shape index (κ3) is 5.18. The third-order valence-electron chi connectivity index (χ3n) is 4.36. The molecule has 1 amide bonds. The summed E-state index contributed by atoms with van der Waals surface area (Å²) in [7, 11) is -4.14. The molecule has 3 rings (SSSR count). The van der Waals surface area contributed by atoms with Gasteiger partial charge < -0.3 is 0 Å². The summed E-state index contributed by atoms with van der Waals surface area (Å²) in [5.74, 6) is -1.23. The van der Waals surface area contributed by atoms with Crippen LogP contribution in [0.25, 0.3) is 0 Å². The molecular weight excluding hydrogens is 483 g/mol. The molecule has 2 heterocycles. The number of hydrogen-bond acceptors (Lipinski definition) is 5. The van der Waals surface area contributed by atoms with Crippen molar-refractivity contribution in [3.05, 3.63) is 64.6 Å². The van der Waals surface area contributed by atoms with E-state index in [9.17, 15) is 26.4 Å². The lowest BCUT2D eigenvalue weighted by molar-refractivity contribution is -0.141. The maximum atomic E-state index is 13.5. The van der Waals surface area contributed by atoms with E-state index in [1.807, 2.05) is 0 Å². The molecule has 1 aromatic carbocycles. The number of amides is 1. The van der Waals surface area contributed by atoms with Crippen molar-refractivity contribution in [1.29, 1.82) is 0 Å². The van der Waals surface area contributed by atoms with Gasteiger partial charge in [-0.25, -0.2) is 18.1 Å². The zero-order chi connectivity index (χ0) is 24.6. The molecular formula is C20H19ClF3N5O3S. The van der Waals surface area contributed by atoms with E-state index in [0.29, 0.717) is 11.6 Å². The van der Waals surface area contributed by atoms with Crippen LogP contribution >= 0.6 is 11.6 Å². The van der Waals surface area contributed by atoms with Gasteiger partial charge >= 0.3 is 6.18 Å². The van der Waals surface area contributed by atoms with Crippen molar-refractivity contribution in [3.63, 3.8) is 0 Å². The van der Waals surface area contributed by atoms with Crippen molar-refractivity contribution in [2.75, 3.05) is 4.90 Å². The van der Waals surface area contributed by atoms with E-state index in [1.165, 1.54) is 30.5 Å². The first-order chi connectivity index (χ1) is 15.3. The Hall–Kier alpha value is -2.96. The molecule has 0 spiro atoms. The Morgan fingerprint density at radius 3 is 2.48 bits per heavy atom. The second kappa shape index (κ2) is 9.12. The second-order valence-electron chi connectivity index (χ2n) is 7.31. The van der Waals surface area contributed by atoms with Crippen LogP contribution in [0.2, 0.25) is 5.02 Å². The molecule has 2 N–H and O–H groups in total. The summed E-state index contributed by atoms with van der Waals surface area (Å²) in [6.45, 7) is 4.79. The number of aryl methyl sites for hydroxylation is 1. The average molecular weight is 502 g/mol. The van der Waals surface area contributed by atoms with E-state index >= 15 is 0 Å². The standard InChI is InChI=1S/C20H19ClF3N5O3S/c1-11(2)28-33(31,32)15-8-4-6-12(3)17(15)29(18-13(21)7-5-9-25-18)19(30)14-10-16(27-26-14)20(22,23)24/h4-11,28H,1-3H3,(H,26,27). The maximum Gasteiger partial charge on any atom is 0.432 e. The Morgan fingerprint density at radius 1 is 1.21 bits per heavy atom. The Morgan fingerprint density at radius 2 is 1.91 bits per heavy atom. The number of carbonyl (C=O) groups is 1. The molecule has 0 radical (unpaired) electrons. The predicted octanol–water partition coefficient (Wildman–Crippen LogP) is 4.45. The van der Waals surface area contributed by atoms with Crippen molar-refractivity contribution in [2.45, 2.75) is 37.9 Å². The molecule has 0 saturated heterocycles. The zero-order valence-electron chi connectivity index (χ0n) is 17.6. The molecule has 2 aromatic heterocycles. The zero-order valence-corrected chi connectivity index (χ0v) is 19.2. The van der Waals surface area contributed by atoms with Crippen LogP contribution in [0.4, 0.5) is 24.7 Å². The van der Waals surface area contributed by atoms with Gasteiger partial charge in [-0.2, -0.15) is 18.3 Å². The fourth-order valence-corrected chi connectivity index (χ4v) is 4.76. The number of aromatic amines is 1. The second-order valence-corrected chi connectivity index (χ2v) is 9.40. The van der Waals surface area contributed by atoms with Gasteiger partial charge in [0, 0.05) is 18.3 Å². The lowest BCUT2D eigenvalue weighted by atomic mass is 10.1. The normalized spacial score (nSPS) is 12.2. The highest BCUT2D eigenvalue weighted by molar-refractivity contribution is 7.89. The van der Waals surface area contributed by atoms with E-state index < -0.39 is 39.5 Å². The van der Waals surface area contributed by atoms with Gasteiger partial charge in [0.1, 0.15) is 10.6 Å². The highest BCUT2D eigenvalue weighted by Crippen LogP contribution is 2.38. The summed E-state index contributed by atoms with van der Waals surface area (Å²) < 4.78 is 67.7. The minimum atomic E-state index is -4.77. The number of nitrogens with zero attached hydrogens (tertiary/aromatic N) is 3. The first-order valence-corrected chi connectivity index (χ1v) is 11.4. The number of carbonyl (C=O) groups excluding carboxylic acids is 1. The van der Waals surface area contributed by atoms with Gasteiger partial charge in [-0.05, 0) is 44.5 Å². The molecule has 0 fully saturated rings. The number of anilines is 2. The number of sulfonamides is 1. The number of H-pyrrole nitrogens is 1. The van der Waals surface area contributed by atoms with Crippen LogP contribution in [0.5, 0.6) is 0 Å². The van der Waals surface area contributed by atoms with Crippen molar-refractivity contribution in [3.8, 4) is 0 Å². The highest BCUT2D eigenvalue weighted by Gasteiger charge is 2.36. The van der Waals surface area contributed by atoms with Gasteiger partial charge in [0.25, 0.3) is 5.91 Å². The molecule has 176 valence electrons. The third-order valence-corrected chi connectivity index (χ3v) is 6.35. The van der Waals surface area contributed by atoms with Crippen molar-refractivity contribution < 1.29 is 26.4 Å². The SMILES string of the molecule is Cc1cccc(S(=O)(=O)NC(C)C)c1N(C(=O)c1cc(C(F)(F)F)[nH]n1)c1ncccc1Cl. The molecule has 0 unspecified atom stereocenters. The summed E-state index contributed by atoms with van der Waals surface area (Å²) in [6.07, 6.45) is -3.46. The Bertz CT molecular complexity index is 1290. The lowest BCUT2D eigenvalue weighted by Gasteiger charge is -2.26. The number of benzene rings is 1. The summed E-state index contributed by atoms with van der Waals surface area (Å²) in [5, 5.41) is 5.23. The fourth-order valence-electron chi connectivity index (χ4n) is 3.05. The molecule has 0 aliphatic carbocycles. The highest BCUT2D eigenvalue weighted by atomic mass is 35.5. The first kappa shape index (κ1) is 24.7. The molecule has 0 saturated carbocycles. The van der Waals surface area contributed by atoms with Crippen LogP contribution in [0.3, 0.4) is 0 Å². The number of para-hydroxylation sites is 1. The van der Waals surface area contributed by atoms with E-state index in [4.69, 9.17) is 11.6 Å². The van der Waals surface area contributed by atoms with Crippen LogP contribution in [-0.4, -0.2) is 35.5 Å². The van der Waals surface area contributed by atoms with Crippen LogP contribution in [0.1, 0.15) is 35.6 Å². The molecule has 3 aromatic rings. The van der Waals surface area contributed by atoms with Crippen molar-refractivity contribution >= 4 is 39.0 Å². The molecule has 0 aliphatic rings. The monoisotopic (exact) mass is 501 g/mol. The minimum Gasteiger partial charge on any atom is -0.273 e. The number of pyridine rings is 1. The smallest absolute Gasteiger partial charge is 0.273 e. The summed E-state index contributed by atoms with van der Waals surface area (Å²) in [4.78, 5) is 18.1. The predicted molar refractivity (Wildman–Crippen MR) is 116 cm³/mol. The number of halogens is 4. The molecule has 0 atom stereocenters. The van der Waals surface area contributed by atoms with E-state index in [0.717, 1.165) is 4.90 Å². The van der Waals surface area contributed by atoms with Gasteiger partial charge in [-0.1, -0.05) is 23.7 Å². The van der Waals surface area contributed by atoms with E-state index in [-0.39, 0.29) is 21.4 Å². The number of hydrogen-bond donors (Lipinski definition) is 2. The molecule has 33 heavy (non-hydrogen) atoms. The van der Waals surface area contributed by atoms with E-state index in [1.54, 1.807) is 31.9 Å². The first-order valence-electron chi connectivity index (χ1n) is 9.52. The van der Waals surface area contributed by atoms with Gasteiger partial charge in [0.2, 0.25) is 10.0 Å². The topological polar surface area (TPSA) is 108 Å². The van der Waals surface area contributed by atoms with Crippen LogP contribution in [0, 0.1) is 6.92 Å². The number of alkyl halides is 3. The van der Waals surface area contributed by atoms with Crippen LogP contribution in [-0.2, 0) is 16.2 Å². The maximum absolute atomic E-state index is 13.5. The lowest BCUT2D eigenvalue weighted by Crippen LogP contribution is -2.34. The number of aromatic nitrogens is 3. The largest absolute Gasteiger partial charge is 0.432 e. The van der Waals surface area contributed by atoms with Crippen LogP contribution < -0.4 is 9.62 Å². The quantitative estimate of drug-likeness (QED) is 0.519. The van der Waals surface area contributed by atoms with Gasteiger partial charge in [-0.3, -0.25) is 14.8 Å². The van der Waals surface area contributed by atoms with Gasteiger partial charge in [0.05, 0.1) is 10.7 Å². The summed E-state index contributed by atoms with van der Waals surface area (Å²) >= 11 is 6.25. The number of nitrogens with one attached hydrogen (secondary N) is 2. The molecule has 8 nitrogen and oxygen atoms in total. The Kier molecular flexibility index (Phi) is 6.82. The van der Waals surface area contributed by atoms with Gasteiger partial charge in [-0.15, -0.1) is 0 Å². The van der Waals surface area contributed by atoms with E-state index in [2.05, 4.69) is 14.8 Å². The average Bonchev–Trinajstić information content (AvgIpc) is 3.20. The summed E-state index contributed by atoms with van der Waals surface area (Å²) in [5.41, 5.74) is -1.62. The van der Waals surface area contributed by atoms with Crippen LogP contribution in [0.15, 0.2) is 47.5 Å². The Balaban J connectivity index is 2.28. The Labute approximate surface area is 192 Å². The summed E-state index contributed by atoms with van der Waals surface area (Å²) in [6, 6.07) is 7.27. The fraction of sp³-hybridized carbons (Fsp3) is 0.250. The van der Waals surface area contributed by atoms with Crippen molar-refractivity contribution in [1.82, 2.24) is 19.9 Å². The number of rotatable bonds is 6. The molecule has 13 heteroatoms. The van der Waals surface area contributed by atoms with Gasteiger partial charge in [0.15, 0.2) is 11.5 Å². The minimum absolute atomic E-state index is 0.0270.